The van der Waals surface area contributed by atoms with Crippen molar-refractivity contribution in [1.82, 2.24) is 0 Å². The molecule has 0 bridgehead atoms. The second-order valence-electron chi connectivity index (χ2n) is 5.60. The Morgan fingerprint density at radius 2 is 1.80 bits per heavy atom. The van der Waals surface area contributed by atoms with Gasteiger partial charge in [0.25, 0.3) is 0 Å². The first-order valence-corrected chi connectivity index (χ1v) is 7.56. The van der Waals surface area contributed by atoms with Crippen LogP contribution in [0.4, 0.5) is 5.69 Å². The van der Waals surface area contributed by atoms with E-state index in [4.69, 9.17) is 9.47 Å². The maximum Gasteiger partial charge on any atom is 0.311 e. The van der Waals surface area contributed by atoms with Gasteiger partial charge in [0.05, 0.1) is 25.1 Å². The Morgan fingerprint density at radius 1 is 1.16 bits per heavy atom. The molecule has 0 radical (unpaired) electrons. The zero-order chi connectivity index (χ0) is 18.6. The molecule has 1 atom stereocenters. The van der Waals surface area contributed by atoms with Gasteiger partial charge in [-0.1, -0.05) is 23.8 Å². The van der Waals surface area contributed by atoms with Gasteiger partial charge < -0.3 is 14.6 Å². The van der Waals surface area contributed by atoms with E-state index in [0.717, 1.165) is 5.56 Å². The van der Waals surface area contributed by atoms with Gasteiger partial charge in [-0.2, -0.15) is 0 Å². The molecule has 1 N–H and O–H groups in total. The number of hydrogen-bond donors (Lipinski definition) is 1. The number of nitrogens with zero attached hydrogens (tertiary/aromatic N) is 1. The van der Waals surface area contributed by atoms with Gasteiger partial charge in [0.1, 0.15) is 5.75 Å². The predicted molar refractivity (Wildman–Crippen MR) is 91.5 cm³/mol. The molecule has 7 heteroatoms. The van der Waals surface area contributed by atoms with Crippen LogP contribution in [-0.4, -0.2) is 30.2 Å². The van der Waals surface area contributed by atoms with E-state index in [9.17, 15) is 20.0 Å². The molecule has 132 valence electrons. The first kappa shape index (κ1) is 18.3. The Morgan fingerprint density at radius 3 is 2.36 bits per heavy atom. The zero-order valence-electron chi connectivity index (χ0n) is 14.2. The van der Waals surface area contributed by atoms with E-state index < -0.39 is 16.8 Å². The summed E-state index contributed by atoms with van der Waals surface area (Å²) in [6.07, 6.45) is 0.0972. The second kappa shape index (κ2) is 7.65. The standard InChI is InChI=1S/C18H19NO6/c1-11-4-6-16(24-2)13(8-11)14(18(20)21)9-12-5-7-17(25-3)15(10-12)19(22)23/h4-8,10,14H,9H2,1-3H3,(H,20,21). The molecule has 0 aliphatic rings. The summed E-state index contributed by atoms with van der Waals surface area (Å²) in [5.74, 6) is -1.31. The number of nitro groups is 1. The Hall–Kier alpha value is -3.09. The van der Waals surface area contributed by atoms with Crippen LogP contribution in [0.5, 0.6) is 11.5 Å². The van der Waals surface area contributed by atoms with Crippen molar-refractivity contribution in [3.63, 3.8) is 0 Å². The van der Waals surface area contributed by atoms with E-state index in [2.05, 4.69) is 0 Å². The number of carboxylic acids is 1. The number of rotatable bonds is 7. The van der Waals surface area contributed by atoms with Gasteiger partial charge in [-0.15, -0.1) is 0 Å². The average molecular weight is 345 g/mol. The van der Waals surface area contributed by atoms with Crippen LogP contribution >= 0.6 is 0 Å². The number of carboxylic acid groups (broad SMARTS) is 1. The first-order chi connectivity index (χ1) is 11.9. The number of methoxy groups -OCH3 is 2. The van der Waals surface area contributed by atoms with Crippen molar-refractivity contribution in [3.8, 4) is 11.5 Å². The van der Waals surface area contributed by atoms with Crippen molar-refractivity contribution < 1.29 is 24.3 Å². The van der Waals surface area contributed by atoms with Crippen LogP contribution in [0.15, 0.2) is 36.4 Å². The van der Waals surface area contributed by atoms with Gasteiger partial charge >= 0.3 is 11.7 Å². The highest BCUT2D eigenvalue weighted by Crippen LogP contribution is 2.33. The molecule has 0 heterocycles. The molecule has 0 aliphatic heterocycles. The van der Waals surface area contributed by atoms with Crippen molar-refractivity contribution in [1.29, 1.82) is 0 Å². The van der Waals surface area contributed by atoms with Gasteiger partial charge in [0, 0.05) is 11.6 Å². The summed E-state index contributed by atoms with van der Waals surface area (Å²) in [7, 11) is 2.82. The van der Waals surface area contributed by atoms with Gasteiger partial charge in [-0.3, -0.25) is 14.9 Å². The lowest BCUT2D eigenvalue weighted by Crippen LogP contribution is -2.16. The number of hydrogen-bond acceptors (Lipinski definition) is 5. The molecule has 0 amide bonds. The molecule has 0 aliphatic carbocycles. The van der Waals surface area contributed by atoms with Crippen LogP contribution in [0.1, 0.15) is 22.6 Å². The van der Waals surface area contributed by atoms with E-state index >= 15 is 0 Å². The highest BCUT2D eigenvalue weighted by Gasteiger charge is 2.25. The lowest BCUT2D eigenvalue weighted by molar-refractivity contribution is -0.385. The smallest absolute Gasteiger partial charge is 0.311 e. The quantitative estimate of drug-likeness (QED) is 0.610. The molecule has 0 saturated carbocycles. The number of carbonyl (C=O) groups is 1. The number of benzene rings is 2. The van der Waals surface area contributed by atoms with Gasteiger partial charge in [0.2, 0.25) is 0 Å². The van der Waals surface area contributed by atoms with Crippen molar-refractivity contribution in [3.05, 3.63) is 63.2 Å². The summed E-state index contributed by atoms with van der Waals surface area (Å²) >= 11 is 0. The topological polar surface area (TPSA) is 98.9 Å². The van der Waals surface area contributed by atoms with Gasteiger partial charge in [-0.05, 0) is 31.0 Å². The van der Waals surface area contributed by atoms with Crippen LogP contribution < -0.4 is 9.47 Å². The van der Waals surface area contributed by atoms with Crippen molar-refractivity contribution >= 4 is 11.7 Å². The highest BCUT2D eigenvalue weighted by molar-refractivity contribution is 5.78. The number of aryl methyl sites for hydroxylation is 1. The molecule has 2 aromatic rings. The number of aliphatic carboxylic acids is 1. The molecule has 2 rings (SSSR count). The molecule has 7 nitrogen and oxygen atoms in total. The summed E-state index contributed by atoms with van der Waals surface area (Å²) < 4.78 is 10.2. The minimum atomic E-state index is -1.03. The Kier molecular flexibility index (Phi) is 5.59. The first-order valence-electron chi connectivity index (χ1n) is 7.56. The van der Waals surface area contributed by atoms with Crippen LogP contribution in [0.2, 0.25) is 0 Å². The number of ether oxygens (including phenoxy) is 2. The van der Waals surface area contributed by atoms with E-state index in [1.807, 2.05) is 13.0 Å². The third-order valence-electron chi connectivity index (χ3n) is 3.94. The van der Waals surface area contributed by atoms with Crippen molar-refractivity contribution in [2.45, 2.75) is 19.3 Å². The summed E-state index contributed by atoms with van der Waals surface area (Å²) in [4.78, 5) is 22.4. The maximum atomic E-state index is 11.8. The number of nitro benzene ring substituents is 1. The molecular weight excluding hydrogens is 326 g/mol. The third-order valence-corrected chi connectivity index (χ3v) is 3.94. The van der Waals surface area contributed by atoms with E-state index in [1.165, 1.54) is 26.4 Å². The fourth-order valence-electron chi connectivity index (χ4n) is 2.70. The third kappa shape index (κ3) is 4.06. The summed E-state index contributed by atoms with van der Waals surface area (Å²) in [5.41, 5.74) is 1.78. The second-order valence-corrected chi connectivity index (χ2v) is 5.60. The zero-order valence-corrected chi connectivity index (χ0v) is 14.2. The molecule has 0 fully saturated rings. The summed E-state index contributed by atoms with van der Waals surface area (Å²) in [5, 5.41) is 20.8. The van der Waals surface area contributed by atoms with Crippen LogP contribution in [0, 0.1) is 17.0 Å². The lowest BCUT2D eigenvalue weighted by Gasteiger charge is -2.17. The largest absolute Gasteiger partial charge is 0.496 e. The van der Waals surface area contributed by atoms with E-state index in [1.54, 1.807) is 18.2 Å². The van der Waals surface area contributed by atoms with Crippen molar-refractivity contribution in [2.24, 2.45) is 0 Å². The van der Waals surface area contributed by atoms with Gasteiger partial charge in [-0.25, -0.2) is 0 Å². The Balaban J connectivity index is 2.44. The highest BCUT2D eigenvalue weighted by atomic mass is 16.6. The van der Waals surface area contributed by atoms with Gasteiger partial charge in [0.15, 0.2) is 5.75 Å². The fraction of sp³-hybridized carbons (Fsp3) is 0.278. The van der Waals surface area contributed by atoms with E-state index in [0.29, 0.717) is 16.9 Å². The minimum absolute atomic E-state index is 0.0972. The molecule has 25 heavy (non-hydrogen) atoms. The predicted octanol–water partition coefficient (Wildman–Crippen LogP) is 3.33. The molecule has 0 saturated heterocycles. The monoisotopic (exact) mass is 345 g/mol. The molecule has 0 spiro atoms. The lowest BCUT2D eigenvalue weighted by atomic mass is 9.90. The average Bonchev–Trinajstić information content (AvgIpc) is 2.59. The summed E-state index contributed by atoms with van der Waals surface area (Å²) in [6, 6.07) is 9.76. The summed E-state index contributed by atoms with van der Waals surface area (Å²) in [6.45, 7) is 1.86. The maximum absolute atomic E-state index is 11.8. The normalized spacial score (nSPS) is 11.6. The Bertz CT molecular complexity index is 802. The minimum Gasteiger partial charge on any atom is -0.496 e. The van der Waals surface area contributed by atoms with Crippen LogP contribution in [0.3, 0.4) is 0 Å². The van der Waals surface area contributed by atoms with Crippen molar-refractivity contribution in [2.75, 3.05) is 14.2 Å². The molecular formula is C18H19NO6. The van der Waals surface area contributed by atoms with Crippen LogP contribution in [0.25, 0.3) is 0 Å². The Labute approximate surface area is 145 Å². The molecule has 1 unspecified atom stereocenters. The fourth-order valence-corrected chi connectivity index (χ4v) is 2.70. The SMILES string of the molecule is COc1ccc(C)cc1C(Cc1ccc(OC)c([N+](=O)[O-])c1)C(=O)O. The van der Waals surface area contributed by atoms with E-state index in [-0.39, 0.29) is 17.9 Å². The molecule has 2 aromatic carbocycles. The molecule has 0 aromatic heterocycles. The van der Waals surface area contributed by atoms with Crippen LogP contribution in [-0.2, 0) is 11.2 Å².